The van der Waals surface area contributed by atoms with Crippen LogP contribution in [-0.4, -0.2) is 6.10 Å². The molecule has 1 heteroatoms. The zero-order chi connectivity index (χ0) is 14.2. The third kappa shape index (κ3) is 2.94. The summed E-state index contributed by atoms with van der Waals surface area (Å²) < 4.78 is 5.80. The van der Waals surface area contributed by atoms with Crippen molar-refractivity contribution in [3.05, 3.63) is 71.3 Å². The van der Waals surface area contributed by atoms with Crippen LogP contribution in [0.25, 0.3) is 0 Å². The summed E-state index contributed by atoms with van der Waals surface area (Å²) in [6, 6.07) is 19.5. The number of rotatable bonds is 3. The molecule has 0 bridgehead atoms. The molecule has 1 fully saturated rings. The van der Waals surface area contributed by atoms with Crippen molar-refractivity contribution in [2.45, 2.75) is 44.8 Å². The maximum absolute atomic E-state index is 5.80. The zero-order valence-electron chi connectivity index (χ0n) is 12.5. The Morgan fingerprint density at radius 1 is 0.900 bits per heavy atom. The van der Waals surface area contributed by atoms with Gasteiger partial charge >= 0.3 is 0 Å². The highest BCUT2D eigenvalue weighted by atomic mass is 16.6. The van der Waals surface area contributed by atoms with Gasteiger partial charge in [0.15, 0.2) is 0 Å². The lowest BCUT2D eigenvalue weighted by Crippen LogP contribution is -2.10. The molecule has 1 aliphatic heterocycles. The minimum Gasteiger partial charge on any atom is -0.364 e. The van der Waals surface area contributed by atoms with E-state index in [4.69, 9.17) is 4.74 Å². The molecule has 2 aromatic carbocycles. The topological polar surface area (TPSA) is 12.5 Å². The fourth-order valence-corrected chi connectivity index (χ4v) is 2.61. The third-order valence-corrected chi connectivity index (χ3v) is 3.97. The summed E-state index contributed by atoms with van der Waals surface area (Å²) in [5, 5.41) is 0. The standard InChI is InChI=1S/C19H22O/c1-19(2,3)16-11-9-14(10-12-16)13-17-18(20-17)15-7-5-4-6-8-15/h4-12,17-18H,13H2,1-3H3/t17-,18-/m0/s1. The van der Waals surface area contributed by atoms with Gasteiger partial charge < -0.3 is 4.74 Å². The first-order chi connectivity index (χ1) is 9.54. The quantitative estimate of drug-likeness (QED) is 0.736. The van der Waals surface area contributed by atoms with Crippen LogP contribution >= 0.6 is 0 Å². The summed E-state index contributed by atoms with van der Waals surface area (Å²) in [7, 11) is 0. The molecule has 20 heavy (non-hydrogen) atoms. The summed E-state index contributed by atoms with van der Waals surface area (Å²) in [4.78, 5) is 0. The Morgan fingerprint density at radius 2 is 1.55 bits per heavy atom. The Hall–Kier alpha value is -1.60. The smallest absolute Gasteiger partial charge is 0.109 e. The van der Waals surface area contributed by atoms with Gasteiger partial charge in [-0.25, -0.2) is 0 Å². The van der Waals surface area contributed by atoms with Crippen LogP contribution in [0, 0.1) is 0 Å². The highest BCUT2D eigenvalue weighted by Gasteiger charge is 2.39. The molecule has 2 aromatic rings. The molecule has 2 atom stereocenters. The molecular formula is C19H22O. The van der Waals surface area contributed by atoms with Crippen molar-refractivity contribution < 1.29 is 4.74 Å². The third-order valence-electron chi connectivity index (χ3n) is 3.97. The van der Waals surface area contributed by atoms with E-state index in [0.717, 1.165) is 6.42 Å². The van der Waals surface area contributed by atoms with Crippen LogP contribution in [0.15, 0.2) is 54.6 Å². The van der Waals surface area contributed by atoms with Gasteiger partial charge in [0, 0.05) is 6.42 Å². The highest BCUT2D eigenvalue weighted by molar-refractivity contribution is 5.29. The van der Waals surface area contributed by atoms with Gasteiger partial charge in [-0.2, -0.15) is 0 Å². The number of benzene rings is 2. The van der Waals surface area contributed by atoms with E-state index in [-0.39, 0.29) is 5.41 Å². The van der Waals surface area contributed by atoms with Gasteiger partial charge in [0.1, 0.15) is 6.10 Å². The summed E-state index contributed by atoms with van der Waals surface area (Å²) >= 11 is 0. The summed E-state index contributed by atoms with van der Waals surface area (Å²) in [6.45, 7) is 6.74. The Labute approximate surface area is 121 Å². The van der Waals surface area contributed by atoms with Crippen LogP contribution in [0.2, 0.25) is 0 Å². The molecule has 1 heterocycles. The van der Waals surface area contributed by atoms with Crippen LogP contribution in [-0.2, 0) is 16.6 Å². The Bertz CT molecular complexity index is 563. The van der Waals surface area contributed by atoms with E-state index < -0.39 is 0 Å². The molecular weight excluding hydrogens is 244 g/mol. The molecule has 0 aromatic heterocycles. The lowest BCUT2D eigenvalue weighted by Gasteiger charge is -2.19. The minimum atomic E-state index is 0.223. The monoisotopic (exact) mass is 266 g/mol. The van der Waals surface area contributed by atoms with Crippen molar-refractivity contribution in [3.63, 3.8) is 0 Å². The average molecular weight is 266 g/mol. The molecule has 1 aliphatic rings. The fraction of sp³-hybridized carbons (Fsp3) is 0.368. The van der Waals surface area contributed by atoms with Crippen LogP contribution in [0.5, 0.6) is 0 Å². The number of hydrogen-bond donors (Lipinski definition) is 0. The zero-order valence-corrected chi connectivity index (χ0v) is 12.5. The van der Waals surface area contributed by atoms with Crippen molar-refractivity contribution in [2.75, 3.05) is 0 Å². The Balaban J connectivity index is 1.63. The van der Waals surface area contributed by atoms with Gasteiger partial charge in [0.25, 0.3) is 0 Å². The minimum absolute atomic E-state index is 0.223. The first kappa shape index (κ1) is 13.4. The van der Waals surface area contributed by atoms with E-state index in [1.165, 1.54) is 16.7 Å². The van der Waals surface area contributed by atoms with Crippen molar-refractivity contribution >= 4 is 0 Å². The van der Waals surface area contributed by atoms with Crippen LogP contribution in [0.3, 0.4) is 0 Å². The predicted octanol–water partition coefficient (Wildman–Crippen LogP) is 4.67. The van der Waals surface area contributed by atoms with E-state index in [1.807, 2.05) is 6.07 Å². The second kappa shape index (κ2) is 5.06. The van der Waals surface area contributed by atoms with Crippen LogP contribution in [0.1, 0.15) is 43.6 Å². The molecule has 0 unspecified atom stereocenters. The van der Waals surface area contributed by atoms with Crippen molar-refractivity contribution in [2.24, 2.45) is 0 Å². The number of ether oxygens (including phenoxy) is 1. The van der Waals surface area contributed by atoms with Crippen molar-refractivity contribution in [1.82, 2.24) is 0 Å². The first-order valence-corrected chi connectivity index (χ1v) is 7.34. The Morgan fingerprint density at radius 3 is 2.15 bits per heavy atom. The maximum atomic E-state index is 5.80. The number of epoxide rings is 1. The Kier molecular flexibility index (Phi) is 3.39. The molecule has 0 N–H and O–H groups in total. The second-order valence-electron chi connectivity index (χ2n) is 6.66. The second-order valence-corrected chi connectivity index (χ2v) is 6.66. The summed E-state index contributed by atoms with van der Waals surface area (Å²) in [5.74, 6) is 0. The summed E-state index contributed by atoms with van der Waals surface area (Å²) in [6.07, 6.45) is 1.64. The maximum Gasteiger partial charge on any atom is 0.109 e. The van der Waals surface area contributed by atoms with Crippen molar-refractivity contribution in [3.8, 4) is 0 Å². The molecule has 1 nitrogen and oxygen atoms in total. The average Bonchev–Trinajstić information content (AvgIpc) is 3.19. The van der Waals surface area contributed by atoms with Gasteiger partial charge in [0.2, 0.25) is 0 Å². The van der Waals surface area contributed by atoms with Gasteiger partial charge in [-0.05, 0) is 22.1 Å². The van der Waals surface area contributed by atoms with E-state index in [1.54, 1.807) is 0 Å². The lowest BCUT2D eigenvalue weighted by molar-refractivity contribution is 0.373. The predicted molar refractivity (Wildman–Crippen MR) is 82.9 cm³/mol. The highest BCUT2D eigenvalue weighted by Crippen LogP contribution is 2.40. The molecule has 104 valence electrons. The van der Waals surface area contributed by atoms with E-state index >= 15 is 0 Å². The van der Waals surface area contributed by atoms with Crippen molar-refractivity contribution in [1.29, 1.82) is 0 Å². The van der Waals surface area contributed by atoms with E-state index in [9.17, 15) is 0 Å². The first-order valence-electron chi connectivity index (χ1n) is 7.34. The lowest BCUT2D eigenvalue weighted by atomic mass is 9.86. The van der Waals surface area contributed by atoms with Gasteiger partial charge in [0.05, 0.1) is 6.10 Å². The molecule has 0 amide bonds. The molecule has 1 saturated heterocycles. The van der Waals surface area contributed by atoms with Crippen LogP contribution in [0.4, 0.5) is 0 Å². The molecule has 0 aliphatic carbocycles. The summed E-state index contributed by atoms with van der Waals surface area (Å²) in [5.41, 5.74) is 4.27. The van der Waals surface area contributed by atoms with Crippen LogP contribution < -0.4 is 0 Å². The molecule has 0 radical (unpaired) electrons. The number of hydrogen-bond acceptors (Lipinski definition) is 1. The van der Waals surface area contributed by atoms with Gasteiger partial charge in [-0.3, -0.25) is 0 Å². The SMILES string of the molecule is CC(C)(C)c1ccc(C[C@@H]2O[C@H]2c2ccccc2)cc1. The van der Waals surface area contributed by atoms with E-state index in [2.05, 4.69) is 69.3 Å². The van der Waals surface area contributed by atoms with Gasteiger partial charge in [-0.15, -0.1) is 0 Å². The van der Waals surface area contributed by atoms with Gasteiger partial charge in [-0.1, -0.05) is 75.4 Å². The molecule has 0 spiro atoms. The fourth-order valence-electron chi connectivity index (χ4n) is 2.61. The molecule has 3 rings (SSSR count). The largest absolute Gasteiger partial charge is 0.364 e. The molecule has 0 saturated carbocycles. The normalized spacial score (nSPS) is 21.8. The van der Waals surface area contributed by atoms with E-state index in [0.29, 0.717) is 12.2 Å².